The van der Waals surface area contributed by atoms with E-state index in [1.165, 1.54) is 12.4 Å². The molecule has 1 aromatic carbocycles. The first-order chi connectivity index (χ1) is 13.7. The first kappa shape index (κ1) is 17.1. The number of carbonyl (C=O) groups is 1. The summed E-state index contributed by atoms with van der Waals surface area (Å²) in [6.45, 7) is 0. The normalized spacial score (nSPS) is 11.3. The predicted molar refractivity (Wildman–Crippen MR) is 105 cm³/mol. The van der Waals surface area contributed by atoms with E-state index in [-0.39, 0.29) is 5.57 Å². The molecule has 4 rings (SSSR count). The third kappa shape index (κ3) is 3.22. The molecule has 4 aromatic rings. The molecule has 0 radical (unpaired) electrons. The van der Waals surface area contributed by atoms with Crippen molar-refractivity contribution in [3.63, 3.8) is 0 Å². The molecule has 0 spiro atoms. The topological polar surface area (TPSA) is 121 Å². The molecule has 0 fully saturated rings. The Kier molecular flexibility index (Phi) is 4.36. The van der Waals surface area contributed by atoms with Crippen LogP contribution in [0.15, 0.2) is 66.9 Å². The van der Waals surface area contributed by atoms with Crippen molar-refractivity contribution in [1.29, 1.82) is 5.26 Å². The zero-order chi connectivity index (χ0) is 19.5. The molecule has 134 valence electrons. The molecule has 28 heavy (non-hydrogen) atoms. The summed E-state index contributed by atoms with van der Waals surface area (Å²) < 4.78 is 0. The number of rotatable bonds is 4. The summed E-state index contributed by atoms with van der Waals surface area (Å²) in [6, 6.07) is 13.1. The van der Waals surface area contributed by atoms with Gasteiger partial charge in [-0.05, 0) is 35.4 Å². The van der Waals surface area contributed by atoms with Gasteiger partial charge in [0, 0.05) is 35.1 Å². The Hall–Kier alpha value is -4.31. The number of H-pyrrole nitrogens is 1. The van der Waals surface area contributed by atoms with Crippen molar-refractivity contribution in [3.8, 4) is 28.5 Å². The van der Waals surface area contributed by atoms with Crippen molar-refractivity contribution in [2.24, 2.45) is 5.73 Å². The van der Waals surface area contributed by atoms with Crippen LogP contribution in [0.4, 0.5) is 0 Å². The summed E-state index contributed by atoms with van der Waals surface area (Å²) in [4.78, 5) is 27.2. The maximum atomic E-state index is 11.3. The highest BCUT2D eigenvalue weighted by atomic mass is 16.1. The van der Waals surface area contributed by atoms with E-state index in [0.29, 0.717) is 5.56 Å². The Bertz CT molecular complexity index is 1250. The summed E-state index contributed by atoms with van der Waals surface area (Å²) in [6.07, 6.45) is 8.31. The van der Waals surface area contributed by atoms with Crippen molar-refractivity contribution in [1.82, 2.24) is 19.9 Å². The Morgan fingerprint density at radius 1 is 1.18 bits per heavy atom. The van der Waals surface area contributed by atoms with Gasteiger partial charge in [-0.25, -0.2) is 15.0 Å². The molecule has 0 aliphatic rings. The first-order valence-electron chi connectivity index (χ1n) is 8.41. The van der Waals surface area contributed by atoms with Crippen molar-refractivity contribution < 1.29 is 4.79 Å². The highest BCUT2D eigenvalue weighted by Gasteiger charge is 2.10. The van der Waals surface area contributed by atoms with Crippen molar-refractivity contribution in [2.45, 2.75) is 0 Å². The van der Waals surface area contributed by atoms with Gasteiger partial charge in [-0.3, -0.25) is 4.79 Å². The first-order valence-corrected chi connectivity index (χ1v) is 8.41. The van der Waals surface area contributed by atoms with Crippen LogP contribution in [0.25, 0.3) is 39.5 Å². The van der Waals surface area contributed by atoms with Gasteiger partial charge in [0.05, 0.1) is 5.69 Å². The van der Waals surface area contributed by atoms with Gasteiger partial charge in [0.1, 0.15) is 23.6 Å². The lowest BCUT2D eigenvalue weighted by molar-refractivity contribution is -0.114. The van der Waals surface area contributed by atoms with Gasteiger partial charge in [-0.15, -0.1) is 0 Å². The Morgan fingerprint density at radius 2 is 2.07 bits per heavy atom. The smallest absolute Gasteiger partial charge is 0.259 e. The fourth-order valence-electron chi connectivity index (χ4n) is 2.96. The van der Waals surface area contributed by atoms with Crippen LogP contribution < -0.4 is 5.73 Å². The van der Waals surface area contributed by atoms with Crippen LogP contribution in [0.2, 0.25) is 0 Å². The van der Waals surface area contributed by atoms with Crippen LogP contribution >= 0.6 is 0 Å². The van der Waals surface area contributed by atoms with E-state index in [2.05, 4.69) is 19.9 Å². The van der Waals surface area contributed by atoms with Crippen molar-refractivity contribution >= 4 is 23.0 Å². The molecule has 0 aliphatic carbocycles. The molecule has 0 unspecified atom stereocenters. The van der Waals surface area contributed by atoms with Crippen LogP contribution in [0.1, 0.15) is 5.56 Å². The van der Waals surface area contributed by atoms with E-state index >= 15 is 0 Å². The van der Waals surface area contributed by atoms with Gasteiger partial charge in [0.15, 0.2) is 0 Å². The maximum absolute atomic E-state index is 11.3. The minimum absolute atomic E-state index is 0.0950. The molecule has 3 aromatic heterocycles. The van der Waals surface area contributed by atoms with E-state index in [9.17, 15) is 4.79 Å². The van der Waals surface area contributed by atoms with Crippen molar-refractivity contribution in [2.75, 3.05) is 0 Å². The fourth-order valence-corrected chi connectivity index (χ4v) is 2.96. The summed E-state index contributed by atoms with van der Waals surface area (Å²) in [7, 11) is 0. The van der Waals surface area contributed by atoms with Gasteiger partial charge < -0.3 is 10.7 Å². The molecule has 1 amide bonds. The van der Waals surface area contributed by atoms with Gasteiger partial charge in [0.25, 0.3) is 5.91 Å². The number of pyridine rings is 1. The Balaban J connectivity index is 1.79. The lowest BCUT2D eigenvalue weighted by Crippen LogP contribution is -2.12. The van der Waals surface area contributed by atoms with Crippen LogP contribution in [0.5, 0.6) is 0 Å². The number of nitrogens with one attached hydrogen (secondary N) is 1. The average molecular weight is 366 g/mol. The number of benzene rings is 1. The number of aromatic amines is 1. The van der Waals surface area contributed by atoms with Crippen LogP contribution in [0, 0.1) is 11.3 Å². The molecule has 7 heteroatoms. The molecular formula is C21H14N6O. The van der Waals surface area contributed by atoms with Crippen LogP contribution in [-0.4, -0.2) is 25.8 Å². The monoisotopic (exact) mass is 366 g/mol. The minimum Gasteiger partial charge on any atom is -0.365 e. The van der Waals surface area contributed by atoms with Gasteiger partial charge in [0.2, 0.25) is 0 Å². The number of amides is 1. The van der Waals surface area contributed by atoms with Crippen molar-refractivity contribution in [3.05, 3.63) is 72.5 Å². The van der Waals surface area contributed by atoms with E-state index in [0.717, 1.165) is 33.4 Å². The van der Waals surface area contributed by atoms with E-state index in [4.69, 9.17) is 11.0 Å². The summed E-state index contributed by atoms with van der Waals surface area (Å²) in [5.74, 6) is -0.752. The molecule has 0 aliphatic heterocycles. The maximum Gasteiger partial charge on any atom is 0.259 e. The molecule has 0 atom stereocenters. The SMILES string of the molecule is N#CC(=Cc1cccc(-c2cnc3[nH]cc(-c4ccncn4)c3c2)c1)C(N)=O. The Morgan fingerprint density at radius 3 is 2.82 bits per heavy atom. The number of hydrogen-bond acceptors (Lipinski definition) is 5. The van der Waals surface area contributed by atoms with Gasteiger partial charge >= 0.3 is 0 Å². The second-order valence-electron chi connectivity index (χ2n) is 6.08. The largest absolute Gasteiger partial charge is 0.365 e. The summed E-state index contributed by atoms with van der Waals surface area (Å²) >= 11 is 0. The van der Waals surface area contributed by atoms with E-state index < -0.39 is 5.91 Å². The van der Waals surface area contributed by atoms with E-state index in [1.807, 2.05) is 42.6 Å². The minimum atomic E-state index is -0.752. The number of fused-ring (bicyclic) bond motifs is 1. The predicted octanol–water partition coefficient (Wildman–Crippen LogP) is 3.08. The fraction of sp³-hybridized carbons (Fsp3) is 0. The number of aromatic nitrogens is 4. The molecule has 0 saturated heterocycles. The lowest BCUT2D eigenvalue weighted by Gasteiger charge is -2.05. The number of hydrogen-bond donors (Lipinski definition) is 2. The molecule has 0 bridgehead atoms. The average Bonchev–Trinajstić information content (AvgIpc) is 3.16. The second kappa shape index (κ2) is 7.13. The third-order valence-corrected chi connectivity index (χ3v) is 4.31. The third-order valence-electron chi connectivity index (χ3n) is 4.31. The second-order valence-corrected chi connectivity index (χ2v) is 6.08. The molecule has 0 saturated carbocycles. The highest BCUT2D eigenvalue weighted by Crippen LogP contribution is 2.30. The number of nitrogens with zero attached hydrogens (tertiary/aromatic N) is 4. The quantitative estimate of drug-likeness (QED) is 0.424. The zero-order valence-corrected chi connectivity index (χ0v) is 14.6. The molecule has 3 N–H and O–H groups in total. The zero-order valence-electron chi connectivity index (χ0n) is 14.6. The van der Waals surface area contributed by atoms with Crippen LogP contribution in [0.3, 0.4) is 0 Å². The standard InChI is InChI=1S/C21H14N6O/c22-9-15(20(23)28)7-13-2-1-3-14(6-13)16-8-17-18(11-26-21(17)25-10-16)19-4-5-24-12-27-19/h1-8,10-12H,(H2,23,28)(H,25,26). The molecular weight excluding hydrogens is 352 g/mol. The Labute approximate surface area is 160 Å². The highest BCUT2D eigenvalue weighted by molar-refractivity contribution is 6.00. The lowest BCUT2D eigenvalue weighted by atomic mass is 10.0. The summed E-state index contributed by atoms with van der Waals surface area (Å²) in [5.41, 5.74) is 10.1. The number of nitrogens with two attached hydrogens (primary N) is 1. The van der Waals surface area contributed by atoms with Crippen LogP contribution in [-0.2, 0) is 4.79 Å². The number of primary amides is 1. The number of carbonyl (C=O) groups excluding carboxylic acids is 1. The molecule has 3 heterocycles. The van der Waals surface area contributed by atoms with E-state index in [1.54, 1.807) is 18.5 Å². The summed E-state index contributed by atoms with van der Waals surface area (Å²) in [5, 5.41) is 9.97. The number of nitriles is 1. The van der Waals surface area contributed by atoms with Gasteiger partial charge in [-0.2, -0.15) is 5.26 Å². The molecule has 7 nitrogen and oxygen atoms in total. The van der Waals surface area contributed by atoms with Gasteiger partial charge in [-0.1, -0.05) is 18.2 Å².